The highest BCUT2D eigenvalue weighted by molar-refractivity contribution is 7.07. The topological polar surface area (TPSA) is 95.0 Å². The third kappa shape index (κ3) is 7.14. The summed E-state index contributed by atoms with van der Waals surface area (Å²) in [6.45, 7) is 4.98. The van der Waals surface area contributed by atoms with E-state index in [1.807, 2.05) is 24.3 Å². The number of hydrogen-bond donors (Lipinski definition) is 1. The summed E-state index contributed by atoms with van der Waals surface area (Å²) in [5, 5.41) is 3.36. The van der Waals surface area contributed by atoms with E-state index in [9.17, 15) is 4.79 Å². The summed E-state index contributed by atoms with van der Waals surface area (Å²) in [6.07, 6.45) is 1.44. The van der Waals surface area contributed by atoms with Crippen molar-refractivity contribution in [1.29, 1.82) is 0 Å². The fourth-order valence-corrected chi connectivity index (χ4v) is 4.30. The zero-order valence-electron chi connectivity index (χ0n) is 20.0. The molecule has 1 amide bonds. The number of nitrogens with zero attached hydrogens (tertiary/aromatic N) is 3. The first-order valence-electron chi connectivity index (χ1n) is 11.5. The number of rotatable bonds is 11. The fourth-order valence-electron chi connectivity index (χ4n) is 3.74. The number of carbonyl (C=O) groups is 1. The van der Waals surface area contributed by atoms with Crippen LogP contribution in [0.1, 0.15) is 28.2 Å². The Morgan fingerprint density at radius 3 is 2.77 bits per heavy atom. The van der Waals surface area contributed by atoms with Gasteiger partial charge in [-0.3, -0.25) is 9.69 Å². The average Bonchev–Trinajstić information content (AvgIpc) is 3.33. The molecule has 10 heteroatoms. The molecule has 9 nitrogen and oxygen atoms in total. The summed E-state index contributed by atoms with van der Waals surface area (Å²) >= 11 is 1.15. The van der Waals surface area contributed by atoms with E-state index in [1.54, 1.807) is 32.4 Å². The summed E-state index contributed by atoms with van der Waals surface area (Å²) < 4.78 is 26.4. The number of nitrogens with one attached hydrogen (secondary N) is 1. The summed E-state index contributed by atoms with van der Waals surface area (Å²) in [4.78, 5) is 19.5. The highest BCUT2D eigenvalue weighted by Crippen LogP contribution is 2.33. The lowest BCUT2D eigenvalue weighted by Gasteiger charge is -2.26. The minimum atomic E-state index is -0.157. The van der Waals surface area contributed by atoms with Crippen LogP contribution in [0.15, 0.2) is 42.5 Å². The largest absolute Gasteiger partial charge is 0.497 e. The molecule has 4 rings (SSSR count). The molecule has 2 heterocycles. The van der Waals surface area contributed by atoms with Crippen LogP contribution in [0, 0.1) is 0 Å². The number of aromatic nitrogens is 2. The second-order valence-corrected chi connectivity index (χ2v) is 8.75. The molecule has 0 atom stereocenters. The number of morpholine rings is 1. The average molecular weight is 499 g/mol. The van der Waals surface area contributed by atoms with Gasteiger partial charge in [-0.1, -0.05) is 12.1 Å². The molecule has 2 aromatic carbocycles. The van der Waals surface area contributed by atoms with E-state index < -0.39 is 0 Å². The molecule has 1 fully saturated rings. The van der Waals surface area contributed by atoms with Crippen LogP contribution in [-0.2, 0) is 11.2 Å². The molecule has 1 saturated heterocycles. The van der Waals surface area contributed by atoms with Gasteiger partial charge < -0.3 is 24.3 Å². The first-order valence-corrected chi connectivity index (χ1v) is 12.3. The number of ether oxygens (including phenoxy) is 4. The highest BCUT2D eigenvalue weighted by atomic mass is 32.1. The molecular formula is C25H30N4O5S. The molecule has 0 unspecified atom stereocenters. The molecule has 1 aromatic heterocycles. The second kappa shape index (κ2) is 12.5. The molecule has 35 heavy (non-hydrogen) atoms. The van der Waals surface area contributed by atoms with Gasteiger partial charge in [-0.15, -0.1) is 0 Å². The van der Waals surface area contributed by atoms with Crippen LogP contribution in [0.4, 0.5) is 0 Å². The smallest absolute Gasteiger partial charge is 0.298 e. The minimum absolute atomic E-state index is 0.157. The summed E-state index contributed by atoms with van der Waals surface area (Å²) in [5.74, 6) is 2.20. The first-order chi connectivity index (χ1) is 17.1. The van der Waals surface area contributed by atoms with Crippen LogP contribution in [0.2, 0.25) is 0 Å². The Kier molecular flexibility index (Phi) is 8.88. The third-order valence-electron chi connectivity index (χ3n) is 5.61. The lowest BCUT2D eigenvalue weighted by Crippen LogP contribution is -2.38. The highest BCUT2D eigenvalue weighted by Gasteiger charge is 2.15. The van der Waals surface area contributed by atoms with Crippen LogP contribution in [-0.4, -0.2) is 73.8 Å². The van der Waals surface area contributed by atoms with Crippen LogP contribution in [0.25, 0.3) is 0 Å². The zero-order valence-corrected chi connectivity index (χ0v) is 20.8. The molecule has 0 bridgehead atoms. The molecule has 0 aliphatic carbocycles. The van der Waals surface area contributed by atoms with Crippen molar-refractivity contribution in [3.63, 3.8) is 0 Å². The molecule has 3 aromatic rings. The van der Waals surface area contributed by atoms with E-state index in [4.69, 9.17) is 18.9 Å². The van der Waals surface area contributed by atoms with E-state index in [1.165, 1.54) is 0 Å². The van der Waals surface area contributed by atoms with Crippen molar-refractivity contribution in [2.45, 2.75) is 12.8 Å². The van der Waals surface area contributed by atoms with Gasteiger partial charge in [0.25, 0.3) is 11.1 Å². The van der Waals surface area contributed by atoms with Crippen LogP contribution in [0.5, 0.6) is 22.4 Å². The van der Waals surface area contributed by atoms with E-state index in [2.05, 4.69) is 19.6 Å². The predicted octanol–water partition coefficient (Wildman–Crippen LogP) is 3.39. The summed E-state index contributed by atoms with van der Waals surface area (Å²) in [5.41, 5.74) is 1.53. The van der Waals surface area contributed by atoms with Crippen LogP contribution >= 0.6 is 11.5 Å². The zero-order chi connectivity index (χ0) is 24.5. The molecule has 0 radical (unpaired) electrons. The van der Waals surface area contributed by atoms with Crippen molar-refractivity contribution in [2.24, 2.45) is 0 Å². The number of hydrogen-bond acceptors (Lipinski definition) is 9. The van der Waals surface area contributed by atoms with E-state index in [0.29, 0.717) is 41.0 Å². The van der Waals surface area contributed by atoms with Gasteiger partial charge in [0.2, 0.25) is 0 Å². The number of methoxy groups -OCH3 is 2. The van der Waals surface area contributed by atoms with E-state index in [0.717, 1.165) is 62.1 Å². The van der Waals surface area contributed by atoms with Gasteiger partial charge in [0.15, 0.2) is 17.3 Å². The fraction of sp³-hybridized carbons (Fsp3) is 0.400. The van der Waals surface area contributed by atoms with Crippen LogP contribution in [0.3, 0.4) is 0 Å². The summed E-state index contributed by atoms with van der Waals surface area (Å²) in [7, 11) is 3.20. The van der Waals surface area contributed by atoms with E-state index >= 15 is 0 Å². The Bertz CT molecular complexity index is 1120. The van der Waals surface area contributed by atoms with Gasteiger partial charge in [-0.25, -0.2) is 0 Å². The molecule has 0 saturated carbocycles. The minimum Gasteiger partial charge on any atom is -0.497 e. The normalized spacial score (nSPS) is 13.9. The molecule has 186 valence electrons. The SMILES string of the molecule is COc1cccc(Cc2nsc(Oc3cc(C(=O)NCCCN4CCOCC4)ccc3OC)n2)c1. The van der Waals surface area contributed by atoms with Crippen molar-refractivity contribution in [2.75, 3.05) is 53.6 Å². The third-order valence-corrected chi connectivity index (χ3v) is 6.24. The van der Waals surface area contributed by atoms with E-state index in [-0.39, 0.29) is 5.91 Å². The van der Waals surface area contributed by atoms with Crippen molar-refractivity contribution in [3.05, 3.63) is 59.4 Å². The Labute approximate surface area is 209 Å². The maximum atomic E-state index is 12.7. The Balaban J connectivity index is 1.34. The maximum absolute atomic E-state index is 12.7. The molecular weight excluding hydrogens is 468 g/mol. The quantitative estimate of drug-likeness (QED) is 0.402. The van der Waals surface area contributed by atoms with Crippen LogP contribution < -0.4 is 19.5 Å². The Morgan fingerprint density at radius 2 is 1.97 bits per heavy atom. The van der Waals surface area contributed by atoms with Crippen molar-refractivity contribution >= 4 is 17.4 Å². The molecule has 0 spiro atoms. The lowest BCUT2D eigenvalue weighted by atomic mass is 10.1. The van der Waals surface area contributed by atoms with Crippen molar-refractivity contribution < 1.29 is 23.7 Å². The monoisotopic (exact) mass is 498 g/mol. The molecule has 1 aliphatic heterocycles. The first kappa shape index (κ1) is 24.9. The molecule has 1 N–H and O–H groups in total. The number of benzene rings is 2. The number of amides is 1. The van der Waals surface area contributed by atoms with Gasteiger partial charge in [-0.05, 0) is 48.9 Å². The van der Waals surface area contributed by atoms with Gasteiger partial charge >= 0.3 is 0 Å². The lowest BCUT2D eigenvalue weighted by molar-refractivity contribution is 0.0374. The summed E-state index contributed by atoms with van der Waals surface area (Å²) in [6, 6.07) is 12.9. The van der Waals surface area contributed by atoms with Gasteiger partial charge in [0.05, 0.1) is 27.4 Å². The molecule has 1 aliphatic rings. The van der Waals surface area contributed by atoms with Gasteiger partial charge in [0.1, 0.15) is 5.75 Å². The Hall–Kier alpha value is -3.21. The van der Waals surface area contributed by atoms with Gasteiger partial charge in [0, 0.05) is 43.2 Å². The van der Waals surface area contributed by atoms with Crippen molar-refractivity contribution in [3.8, 4) is 22.4 Å². The standard InChI is InChI=1S/C25H30N4O5S/c1-31-20-6-3-5-18(15-20)16-23-27-25(35-28-23)34-22-17-19(7-8-21(22)32-2)24(30)26-9-4-10-29-11-13-33-14-12-29/h3,5-8,15,17H,4,9-14,16H2,1-2H3,(H,26,30). The second-order valence-electron chi connectivity index (χ2n) is 8.04. The maximum Gasteiger partial charge on any atom is 0.298 e. The van der Waals surface area contributed by atoms with Gasteiger partial charge in [-0.2, -0.15) is 9.36 Å². The van der Waals surface area contributed by atoms with Crippen molar-refractivity contribution in [1.82, 2.24) is 19.6 Å². The Morgan fingerprint density at radius 1 is 1.11 bits per heavy atom. The number of carbonyl (C=O) groups excluding carboxylic acids is 1. The predicted molar refractivity (Wildman–Crippen MR) is 133 cm³/mol.